The van der Waals surface area contributed by atoms with Crippen LogP contribution in [0.15, 0.2) is 29.3 Å². The van der Waals surface area contributed by atoms with E-state index in [1.165, 1.54) is 38.3 Å². The van der Waals surface area contributed by atoms with Gasteiger partial charge in [0.05, 0.1) is 24.9 Å². The molecule has 1 atom stereocenters. The smallest absolute Gasteiger partial charge is 0.276 e. The van der Waals surface area contributed by atoms with E-state index in [2.05, 4.69) is 10.1 Å². The Labute approximate surface area is 140 Å². The first-order valence-electron chi connectivity index (χ1n) is 8.59. The van der Waals surface area contributed by atoms with Gasteiger partial charge in [-0.2, -0.15) is 5.10 Å². The molecule has 1 aliphatic carbocycles. The van der Waals surface area contributed by atoms with Crippen molar-refractivity contribution in [2.75, 3.05) is 13.2 Å². The van der Waals surface area contributed by atoms with Crippen molar-refractivity contribution < 1.29 is 13.9 Å². The lowest BCUT2D eigenvalue weighted by Crippen LogP contribution is -2.38. The maximum atomic E-state index is 12.7. The summed E-state index contributed by atoms with van der Waals surface area (Å²) in [7, 11) is 0. The van der Waals surface area contributed by atoms with Crippen molar-refractivity contribution in [1.29, 1.82) is 0 Å². The quantitative estimate of drug-likeness (QED) is 0.858. The second-order valence-electron chi connectivity index (χ2n) is 6.67. The molecule has 0 aromatic carbocycles. The third-order valence-corrected chi connectivity index (χ3v) is 4.94. The van der Waals surface area contributed by atoms with Crippen molar-refractivity contribution in [1.82, 2.24) is 19.7 Å². The van der Waals surface area contributed by atoms with Crippen molar-refractivity contribution in [2.45, 2.75) is 44.9 Å². The van der Waals surface area contributed by atoms with Crippen molar-refractivity contribution in [3.8, 4) is 0 Å². The molecule has 1 saturated carbocycles. The Kier molecular flexibility index (Phi) is 4.34. The first-order valence-corrected chi connectivity index (χ1v) is 8.59. The van der Waals surface area contributed by atoms with Crippen LogP contribution in [0.2, 0.25) is 0 Å². The van der Waals surface area contributed by atoms with Crippen LogP contribution >= 0.6 is 0 Å². The van der Waals surface area contributed by atoms with Crippen LogP contribution in [0.25, 0.3) is 0 Å². The molecule has 3 heterocycles. The number of hydrogen-bond acceptors (Lipinski definition) is 5. The summed E-state index contributed by atoms with van der Waals surface area (Å²) in [6.45, 7) is 2.50. The van der Waals surface area contributed by atoms with Crippen LogP contribution in [-0.2, 0) is 17.8 Å². The minimum atomic E-state index is -0.132. The third kappa shape index (κ3) is 3.21. The molecule has 24 heavy (non-hydrogen) atoms. The highest BCUT2D eigenvalue weighted by Gasteiger charge is 2.28. The van der Waals surface area contributed by atoms with Crippen LogP contribution in [0.3, 0.4) is 0 Å². The van der Waals surface area contributed by atoms with Gasteiger partial charge >= 0.3 is 0 Å². The predicted molar refractivity (Wildman–Crippen MR) is 85.2 cm³/mol. The largest absolute Gasteiger partial charge is 0.451 e. The van der Waals surface area contributed by atoms with Crippen LogP contribution in [0.4, 0.5) is 0 Å². The molecular weight excluding hydrogens is 308 g/mol. The Morgan fingerprint density at radius 2 is 2.21 bits per heavy atom. The fraction of sp³-hybridized carbons (Fsp3) is 0.588. The number of rotatable bonds is 4. The molecule has 0 saturated heterocycles. The van der Waals surface area contributed by atoms with E-state index in [9.17, 15) is 4.79 Å². The molecule has 128 valence electrons. The Bertz CT molecular complexity index is 676. The molecular formula is C17H22N4O3. The summed E-state index contributed by atoms with van der Waals surface area (Å²) < 4.78 is 13.1. The molecule has 1 aliphatic heterocycles. The molecule has 1 amide bonds. The van der Waals surface area contributed by atoms with E-state index in [1.807, 2.05) is 10.7 Å². The predicted octanol–water partition coefficient (Wildman–Crippen LogP) is 2.10. The minimum absolute atomic E-state index is 0.0531. The molecule has 2 aromatic heterocycles. The first kappa shape index (κ1) is 15.4. The second-order valence-corrected chi connectivity index (χ2v) is 6.67. The van der Waals surface area contributed by atoms with E-state index < -0.39 is 0 Å². The van der Waals surface area contributed by atoms with Gasteiger partial charge in [0.1, 0.15) is 6.26 Å². The van der Waals surface area contributed by atoms with Crippen molar-refractivity contribution in [3.63, 3.8) is 0 Å². The van der Waals surface area contributed by atoms with Gasteiger partial charge in [-0.25, -0.2) is 4.98 Å². The zero-order valence-corrected chi connectivity index (χ0v) is 13.6. The molecule has 0 spiro atoms. The average molecular weight is 330 g/mol. The van der Waals surface area contributed by atoms with E-state index in [0.29, 0.717) is 31.2 Å². The second kappa shape index (κ2) is 6.76. The zero-order chi connectivity index (χ0) is 16.4. The molecule has 0 radical (unpaired) electrons. The monoisotopic (exact) mass is 330 g/mol. The van der Waals surface area contributed by atoms with Crippen LogP contribution in [-0.4, -0.2) is 44.8 Å². The fourth-order valence-electron chi connectivity index (χ4n) is 3.60. The van der Waals surface area contributed by atoms with E-state index in [-0.39, 0.29) is 12.0 Å². The lowest BCUT2D eigenvalue weighted by atomic mass is 10.1. The normalized spacial score (nSPS) is 21.7. The summed E-state index contributed by atoms with van der Waals surface area (Å²) in [5, 5.41) is 4.37. The van der Waals surface area contributed by atoms with E-state index >= 15 is 0 Å². The number of ether oxygens (including phenoxy) is 1. The molecule has 1 unspecified atom stereocenters. The fourth-order valence-corrected chi connectivity index (χ4v) is 3.60. The third-order valence-electron chi connectivity index (χ3n) is 4.94. The van der Waals surface area contributed by atoms with Crippen molar-refractivity contribution in [3.05, 3.63) is 36.3 Å². The summed E-state index contributed by atoms with van der Waals surface area (Å²) in [5.74, 6) is 0.526. The number of carbonyl (C=O) groups excluding carboxylic acids is 1. The number of carbonyl (C=O) groups is 1. The van der Waals surface area contributed by atoms with Crippen molar-refractivity contribution >= 4 is 5.91 Å². The van der Waals surface area contributed by atoms with E-state index in [0.717, 1.165) is 12.3 Å². The van der Waals surface area contributed by atoms with E-state index in [1.54, 1.807) is 11.1 Å². The first-order chi connectivity index (χ1) is 11.8. The highest BCUT2D eigenvalue weighted by atomic mass is 16.5. The highest BCUT2D eigenvalue weighted by molar-refractivity contribution is 5.91. The summed E-state index contributed by atoms with van der Waals surface area (Å²) >= 11 is 0. The molecule has 0 bridgehead atoms. The summed E-state index contributed by atoms with van der Waals surface area (Å²) in [4.78, 5) is 18.4. The highest BCUT2D eigenvalue weighted by Crippen LogP contribution is 2.26. The maximum absolute atomic E-state index is 12.7. The minimum Gasteiger partial charge on any atom is -0.451 e. The number of nitrogens with zero attached hydrogens (tertiary/aromatic N) is 4. The van der Waals surface area contributed by atoms with Gasteiger partial charge in [0.2, 0.25) is 0 Å². The van der Waals surface area contributed by atoms with Gasteiger partial charge in [-0.05, 0) is 24.8 Å². The maximum Gasteiger partial charge on any atom is 0.276 e. The number of amides is 1. The summed E-state index contributed by atoms with van der Waals surface area (Å²) in [6, 6.07) is 1.95. The van der Waals surface area contributed by atoms with E-state index in [4.69, 9.17) is 9.15 Å². The van der Waals surface area contributed by atoms with Gasteiger partial charge in [-0.1, -0.05) is 12.8 Å². The molecule has 2 aliphatic rings. The lowest BCUT2D eigenvalue weighted by Gasteiger charge is -2.24. The summed E-state index contributed by atoms with van der Waals surface area (Å²) in [6.07, 6.45) is 9.50. The topological polar surface area (TPSA) is 73.4 Å². The number of aromatic nitrogens is 3. The van der Waals surface area contributed by atoms with Gasteiger partial charge in [-0.15, -0.1) is 0 Å². The summed E-state index contributed by atoms with van der Waals surface area (Å²) in [5.41, 5.74) is 1.34. The van der Waals surface area contributed by atoms with Crippen molar-refractivity contribution in [2.24, 2.45) is 5.92 Å². The molecule has 4 rings (SSSR count). The van der Waals surface area contributed by atoms with Gasteiger partial charge in [0.15, 0.2) is 12.1 Å². The molecule has 1 fully saturated rings. The Morgan fingerprint density at radius 1 is 1.33 bits per heavy atom. The standard InChI is InChI=1S/C17H22N4O3/c22-17(16-11-23-12-18-16)20-7-14-5-6-19-21(14)9-15(8-20)24-10-13-3-1-2-4-13/h5-6,11-13,15H,1-4,7-10H2. The van der Waals surface area contributed by atoms with Gasteiger partial charge < -0.3 is 14.1 Å². The zero-order valence-electron chi connectivity index (χ0n) is 13.6. The molecule has 0 N–H and O–H groups in total. The van der Waals surface area contributed by atoms with Crippen LogP contribution < -0.4 is 0 Å². The molecule has 2 aromatic rings. The Balaban J connectivity index is 1.48. The van der Waals surface area contributed by atoms with Crippen LogP contribution in [0.1, 0.15) is 41.9 Å². The molecule has 7 heteroatoms. The van der Waals surface area contributed by atoms with Gasteiger partial charge in [0.25, 0.3) is 5.91 Å². The number of fused-ring (bicyclic) bond motifs is 1. The Morgan fingerprint density at radius 3 is 3.00 bits per heavy atom. The van der Waals surface area contributed by atoms with Crippen LogP contribution in [0.5, 0.6) is 0 Å². The average Bonchev–Trinajstić information content (AvgIpc) is 3.33. The number of oxazole rings is 1. The number of hydrogen-bond donors (Lipinski definition) is 0. The van der Waals surface area contributed by atoms with Gasteiger partial charge in [0, 0.05) is 19.3 Å². The Hall–Kier alpha value is -2.15. The molecule has 7 nitrogen and oxygen atoms in total. The SMILES string of the molecule is O=C(c1cocn1)N1Cc2ccnn2CC(OCC2CCCC2)C1. The lowest BCUT2D eigenvalue weighted by molar-refractivity contribution is 0.00278. The van der Waals surface area contributed by atoms with Crippen LogP contribution in [0, 0.1) is 5.92 Å². The van der Waals surface area contributed by atoms with Gasteiger partial charge in [-0.3, -0.25) is 9.48 Å².